The summed E-state index contributed by atoms with van der Waals surface area (Å²) < 4.78 is 0. The van der Waals surface area contributed by atoms with Crippen LogP contribution >= 0.6 is 0 Å². The summed E-state index contributed by atoms with van der Waals surface area (Å²) in [6.45, 7) is 4.60. The molecule has 115 valence electrons. The number of rotatable bonds is 16. The topological polar surface area (TPSA) is 0 Å². The third-order valence-electron chi connectivity index (χ3n) is 4.02. The lowest BCUT2D eigenvalue weighted by atomic mass is 10.1. The summed E-state index contributed by atoms with van der Waals surface area (Å²) in [5, 5.41) is 3.15. The van der Waals surface area contributed by atoms with Crippen molar-refractivity contribution in [3.05, 3.63) is 0 Å². The van der Waals surface area contributed by atoms with Gasteiger partial charge in [-0.25, -0.2) is 0 Å². The average Bonchev–Trinajstić information content (AvgIpc) is 2.43. The van der Waals surface area contributed by atoms with Gasteiger partial charge in [0.1, 0.15) is 0 Å². The first-order valence-corrected chi connectivity index (χ1v) is 10.9. The molecule has 19 heavy (non-hydrogen) atoms. The highest BCUT2D eigenvalue weighted by Gasteiger charge is 1.95. The van der Waals surface area contributed by atoms with Gasteiger partial charge >= 0.3 is 0 Å². The van der Waals surface area contributed by atoms with Crippen molar-refractivity contribution in [2.24, 2.45) is 0 Å². The molecule has 0 N–H and O–H groups in total. The van der Waals surface area contributed by atoms with Crippen LogP contribution in [-0.4, -0.2) is 15.2 Å². The molecule has 0 nitrogen and oxygen atoms in total. The minimum absolute atomic E-state index is 0. The van der Waals surface area contributed by atoms with Crippen molar-refractivity contribution >= 4 is 15.2 Å². The van der Waals surface area contributed by atoms with E-state index in [-0.39, 0.29) is 1.43 Å². The molecule has 0 heterocycles. The minimum atomic E-state index is 0. The highest BCUT2D eigenvalue weighted by molar-refractivity contribution is 6.35. The van der Waals surface area contributed by atoms with Gasteiger partial charge in [0.05, 0.1) is 0 Å². The molecule has 0 aliphatic carbocycles. The van der Waals surface area contributed by atoms with Crippen molar-refractivity contribution in [2.75, 3.05) is 0 Å². The van der Waals surface area contributed by atoms with Crippen LogP contribution in [0, 0.1) is 0 Å². The normalized spacial score (nSPS) is 10.8. The molecular weight excluding hydrogens is 243 g/mol. The van der Waals surface area contributed by atoms with Crippen LogP contribution in [0.15, 0.2) is 0 Å². The second-order valence-electron chi connectivity index (χ2n) is 6.11. The molecule has 0 aromatic heterocycles. The molecule has 1 radical (unpaired) electrons. The van der Waals surface area contributed by atoms with Crippen LogP contribution in [0.1, 0.15) is 105 Å². The lowest BCUT2D eigenvalue weighted by Gasteiger charge is -2.02. The maximum Gasteiger partial charge on any atom is 0.199 e. The van der Waals surface area contributed by atoms with Crippen molar-refractivity contribution < 1.29 is 1.43 Å². The predicted molar refractivity (Wildman–Crippen MR) is 93.5 cm³/mol. The molecule has 0 spiro atoms. The number of hydrogen-bond donors (Lipinski definition) is 0. The van der Waals surface area contributed by atoms with E-state index in [9.17, 15) is 0 Å². The maximum absolute atomic E-state index is 2.30. The van der Waals surface area contributed by atoms with Crippen molar-refractivity contribution in [2.45, 2.75) is 114 Å². The average molecular weight is 283 g/mol. The van der Waals surface area contributed by atoms with Crippen molar-refractivity contribution in [1.82, 2.24) is 0 Å². The summed E-state index contributed by atoms with van der Waals surface area (Å²) >= 11 is 0.790. The molecule has 0 aromatic rings. The van der Waals surface area contributed by atoms with Crippen molar-refractivity contribution in [3.8, 4) is 0 Å². The Labute approximate surface area is 131 Å². The summed E-state index contributed by atoms with van der Waals surface area (Å²) in [5.41, 5.74) is 0. The maximum atomic E-state index is 2.30. The van der Waals surface area contributed by atoms with Gasteiger partial charge in [0.15, 0.2) is 15.2 Å². The summed E-state index contributed by atoms with van der Waals surface area (Å²) in [5.74, 6) is 0. The first kappa shape index (κ1) is 19.5. The Balaban J connectivity index is 0. The molecule has 0 saturated carbocycles. The van der Waals surface area contributed by atoms with Gasteiger partial charge in [-0.1, -0.05) is 104 Å². The SMILES string of the molecule is CCCCCCCC[CH2][Al][CH2]CCCCCCCC.[HH]. The quantitative estimate of drug-likeness (QED) is 0.206. The van der Waals surface area contributed by atoms with Gasteiger partial charge in [0, 0.05) is 1.43 Å². The second-order valence-corrected chi connectivity index (χ2v) is 7.84. The zero-order chi connectivity index (χ0) is 14.0. The van der Waals surface area contributed by atoms with Gasteiger partial charge in [0.2, 0.25) is 0 Å². The van der Waals surface area contributed by atoms with E-state index in [1.54, 1.807) is 10.6 Å². The Kier molecular flexibility index (Phi) is 19.1. The number of hydrogen-bond acceptors (Lipinski definition) is 0. The second kappa shape index (κ2) is 18.5. The molecule has 0 atom stereocenters. The molecule has 0 saturated heterocycles. The Morgan fingerprint density at radius 1 is 0.474 bits per heavy atom. The van der Waals surface area contributed by atoms with Crippen LogP contribution in [0.2, 0.25) is 10.6 Å². The summed E-state index contributed by atoms with van der Waals surface area (Å²) in [6, 6.07) is 0. The van der Waals surface area contributed by atoms with E-state index in [4.69, 9.17) is 0 Å². The van der Waals surface area contributed by atoms with Crippen LogP contribution in [0.4, 0.5) is 0 Å². The molecule has 0 fully saturated rings. The molecule has 0 bridgehead atoms. The Morgan fingerprint density at radius 3 is 1.16 bits per heavy atom. The Morgan fingerprint density at radius 2 is 0.789 bits per heavy atom. The first-order valence-electron chi connectivity index (χ1n) is 9.23. The van der Waals surface area contributed by atoms with E-state index < -0.39 is 0 Å². The molecule has 0 aromatic carbocycles. The fraction of sp³-hybridized carbons (Fsp3) is 1.00. The zero-order valence-corrected chi connectivity index (χ0v) is 15.0. The summed E-state index contributed by atoms with van der Waals surface area (Å²) in [6.07, 6.45) is 20.6. The lowest BCUT2D eigenvalue weighted by molar-refractivity contribution is 0.597. The van der Waals surface area contributed by atoms with Crippen molar-refractivity contribution in [3.63, 3.8) is 0 Å². The van der Waals surface area contributed by atoms with Crippen LogP contribution in [0.5, 0.6) is 0 Å². The van der Waals surface area contributed by atoms with Gasteiger partial charge in [-0.2, -0.15) is 0 Å². The highest BCUT2D eigenvalue weighted by atomic mass is 27.1. The third kappa shape index (κ3) is 18.5. The van der Waals surface area contributed by atoms with Crippen LogP contribution in [0.25, 0.3) is 0 Å². The summed E-state index contributed by atoms with van der Waals surface area (Å²) in [7, 11) is 0. The number of unbranched alkanes of at least 4 members (excludes halogenated alkanes) is 12. The van der Waals surface area contributed by atoms with E-state index in [0.717, 1.165) is 15.2 Å². The van der Waals surface area contributed by atoms with E-state index in [1.807, 2.05) is 0 Å². The van der Waals surface area contributed by atoms with Crippen LogP contribution < -0.4 is 0 Å². The van der Waals surface area contributed by atoms with Gasteiger partial charge in [-0.05, 0) is 0 Å². The first-order chi connectivity index (χ1) is 9.41. The molecule has 0 rings (SSSR count). The van der Waals surface area contributed by atoms with E-state index in [1.165, 1.54) is 89.9 Å². The molecule has 0 aliphatic heterocycles. The lowest BCUT2D eigenvalue weighted by Crippen LogP contribution is -1.90. The zero-order valence-electron chi connectivity index (χ0n) is 13.9. The van der Waals surface area contributed by atoms with Gasteiger partial charge in [0.25, 0.3) is 0 Å². The van der Waals surface area contributed by atoms with E-state index >= 15 is 0 Å². The van der Waals surface area contributed by atoms with E-state index in [2.05, 4.69) is 13.8 Å². The molecular formula is C18H40Al. The molecule has 1 heteroatoms. The smallest absolute Gasteiger partial charge is 0.104 e. The van der Waals surface area contributed by atoms with Gasteiger partial charge < -0.3 is 0 Å². The van der Waals surface area contributed by atoms with E-state index in [0.29, 0.717) is 0 Å². The Bertz CT molecular complexity index is 134. The van der Waals surface area contributed by atoms with Gasteiger partial charge in [-0.3, -0.25) is 0 Å². The summed E-state index contributed by atoms with van der Waals surface area (Å²) in [4.78, 5) is 0. The standard InChI is InChI=1S/2C9H19.Al.H2/c2*1-3-5-7-9-8-6-4-2;;/h2*1,3-9H2,2H3;;1H. The molecule has 0 amide bonds. The molecule has 0 unspecified atom stereocenters. The predicted octanol–water partition coefficient (Wildman–Crippen LogP) is 7.27. The highest BCUT2D eigenvalue weighted by Crippen LogP contribution is 2.11. The minimum Gasteiger partial charge on any atom is -0.104 e. The van der Waals surface area contributed by atoms with Gasteiger partial charge in [-0.15, -0.1) is 10.6 Å². The van der Waals surface area contributed by atoms with Crippen molar-refractivity contribution in [1.29, 1.82) is 0 Å². The monoisotopic (exact) mass is 283 g/mol. The Hall–Kier alpha value is 0.532. The molecule has 0 aliphatic rings. The fourth-order valence-corrected chi connectivity index (χ4v) is 4.08. The largest absolute Gasteiger partial charge is 0.199 e. The third-order valence-corrected chi connectivity index (χ3v) is 5.66. The fourth-order valence-electron chi connectivity index (χ4n) is 2.64. The van der Waals surface area contributed by atoms with Crippen LogP contribution in [-0.2, 0) is 0 Å². The van der Waals surface area contributed by atoms with Crippen LogP contribution in [0.3, 0.4) is 0 Å².